The Morgan fingerprint density at radius 2 is 2.05 bits per heavy atom. The van der Waals surface area contributed by atoms with Crippen LogP contribution in [0.3, 0.4) is 0 Å². The molecule has 0 unspecified atom stereocenters. The van der Waals surface area contributed by atoms with Crippen molar-refractivity contribution in [1.82, 2.24) is 9.88 Å². The lowest BCUT2D eigenvalue weighted by Gasteiger charge is -2.15. The van der Waals surface area contributed by atoms with Crippen molar-refractivity contribution in [2.75, 3.05) is 20.2 Å². The summed E-state index contributed by atoms with van der Waals surface area (Å²) in [5.41, 5.74) is 1.33. The molecule has 0 aliphatic carbocycles. The second kappa shape index (κ2) is 5.79. The number of hydrogen-bond acceptors (Lipinski definition) is 3. The number of likely N-dealkylation sites (tertiary alicyclic amines) is 1. The number of aromatic amines is 1. The number of esters is 1. The van der Waals surface area contributed by atoms with Crippen molar-refractivity contribution < 1.29 is 18.7 Å². The number of ether oxygens (including phenoxy) is 1. The topological polar surface area (TPSA) is 62.4 Å². The molecular formula is C16H17FN2O3. The summed E-state index contributed by atoms with van der Waals surface area (Å²) in [7, 11) is 1.28. The van der Waals surface area contributed by atoms with Gasteiger partial charge in [0.25, 0.3) is 0 Å². The Morgan fingerprint density at radius 3 is 2.73 bits per heavy atom. The maximum absolute atomic E-state index is 13.5. The maximum Gasteiger partial charge on any atom is 0.354 e. The fourth-order valence-electron chi connectivity index (χ4n) is 2.91. The molecule has 1 amide bonds. The molecule has 116 valence electrons. The molecule has 3 rings (SSSR count). The predicted octanol–water partition coefficient (Wildman–Crippen LogP) is 2.26. The van der Waals surface area contributed by atoms with Crippen molar-refractivity contribution in [1.29, 1.82) is 0 Å². The summed E-state index contributed by atoms with van der Waals surface area (Å²) >= 11 is 0. The summed E-state index contributed by atoms with van der Waals surface area (Å²) in [6.07, 6.45) is 2.06. The first-order valence-electron chi connectivity index (χ1n) is 7.26. The van der Waals surface area contributed by atoms with Gasteiger partial charge in [-0.25, -0.2) is 9.18 Å². The Morgan fingerprint density at radius 1 is 1.32 bits per heavy atom. The minimum Gasteiger partial charge on any atom is -0.464 e. The van der Waals surface area contributed by atoms with Gasteiger partial charge in [-0.1, -0.05) is 0 Å². The third-order valence-corrected chi connectivity index (χ3v) is 4.04. The van der Waals surface area contributed by atoms with E-state index in [-0.39, 0.29) is 18.0 Å². The first kappa shape index (κ1) is 14.6. The summed E-state index contributed by atoms with van der Waals surface area (Å²) in [5.74, 6) is -1.01. The summed E-state index contributed by atoms with van der Waals surface area (Å²) in [6, 6.07) is 4.21. The van der Waals surface area contributed by atoms with E-state index >= 15 is 0 Å². The number of carbonyl (C=O) groups is 2. The van der Waals surface area contributed by atoms with Crippen LogP contribution in [0.25, 0.3) is 10.9 Å². The molecule has 5 nitrogen and oxygen atoms in total. The zero-order chi connectivity index (χ0) is 15.7. The standard InChI is InChI=1S/C16H17FN2O3/c1-22-16(21)15-12(9-14(20)19-6-2-3-7-19)11-8-10(17)4-5-13(11)18-15/h4-5,8,18H,2-3,6-7,9H2,1H3. The van der Waals surface area contributed by atoms with E-state index in [0.29, 0.717) is 16.5 Å². The van der Waals surface area contributed by atoms with Gasteiger partial charge in [0.2, 0.25) is 5.91 Å². The second-order valence-corrected chi connectivity index (χ2v) is 5.42. The second-order valence-electron chi connectivity index (χ2n) is 5.42. The molecule has 1 fully saturated rings. The Kier molecular flexibility index (Phi) is 3.83. The van der Waals surface area contributed by atoms with Crippen LogP contribution in [0.15, 0.2) is 18.2 Å². The quantitative estimate of drug-likeness (QED) is 0.885. The van der Waals surface area contributed by atoms with Crippen LogP contribution in [-0.2, 0) is 16.0 Å². The molecule has 2 aromatic rings. The van der Waals surface area contributed by atoms with Crippen LogP contribution in [0.4, 0.5) is 4.39 Å². The van der Waals surface area contributed by atoms with Gasteiger partial charge in [-0.3, -0.25) is 4.79 Å². The number of benzene rings is 1. The smallest absolute Gasteiger partial charge is 0.354 e. The van der Waals surface area contributed by atoms with Gasteiger partial charge in [0.15, 0.2) is 0 Å². The minimum atomic E-state index is -0.555. The number of fused-ring (bicyclic) bond motifs is 1. The number of H-pyrrole nitrogens is 1. The van der Waals surface area contributed by atoms with Crippen molar-refractivity contribution in [2.45, 2.75) is 19.3 Å². The number of halogens is 1. The fourth-order valence-corrected chi connectivity index (χ4v) is 2.91. The summed E-state index contributed by atoms with van der Waals surface area (Å²) < 4.78 is 18.3. The molecule has 1 aromatic heterocycles. The summed E-state index contributed by atoms with van der Waals surface area (Å²) in [5, 5.41) is 0.549. The molecule has 22 heavy (non-hydrogen) atoms. The molecule has 2 heterocycles. The fraction of sp³-hybridized carbons (Fsp3) is 0.375. The number of nitrogens with zero attached hydrogens (tertiary/aromatic N) is 1. The van der Waals surface area contributed by atoms with Crippen LogP contribution in [0.5, 0.6) is 0 Å². The maximum atomic E-state index is 13.5. The van der Waals surface area contributed by atoms with Crippen LogP contribution < -0.4 is 0 Å². The van der Waals surface area contributed by atoms with Crippen LogP contribution in [-0.4, -0.2) is 42.0 Å². The Bertz CT molecular complexity index is 732. The molecular weight excluding hydrogens is 287 g/mol. The SMILES string of the molecule is COC(=O)c1[nH]c2ccc(F)cc2c1CC(=O)N1CCCC1. The van der Waals surface area contributed by atoms with Crippen LogP contribution >= 0.6 is 0 Å². The number of methoxy groups -OCH3 is 1. The average molecular weight is 304 g/mol. The molecule has 0 bridgehead atoms. The van der Waals surface area contributed by atoms with E-state index in [1.807, 2.05) is 0 Å². The van der Waals surface area contributed by atoms with E-state index in [1.165, 1.54) is 19.2 Å². The van der Waals surface area contributed by atoms with E-state index in [1.54, 1.807) is 11.0 Å². The lowest BCUT2D eigenvalue weighted by Crippen LogP contribution is -2.29. The highest BCUT2D eigenvalue weighted by atomic mass is 19.1. The van der Waals surface area contributed by atoms with Crippen molar-refractivity contribution in [2.24, 2.45) is 0 Å². The molecule has 0 radical (unpaired) electrons. The largest absolute Gasteiger partial charge is 0.464 e. The Balaban J connectivity index is 2.02. The normalized spacial score (nSPS) is 14.5. The lowest BCUT2D eigenvalue weighted by atomic mass is 10.1. The first-order valence-corrected chi connectivity index (χ1v) is 7.26. The third kappa shape index (κ3) is 2.56. The minimum absolute atomic E-state index is 0.0483. The molecule has 0 spiro atoms. The van der Waals surface area contributed by atoms with Crippen molar-refractivity contribution in [3.8, 4) is 0 Å². The summed E-state index contributed by atoms with van der Waals surface area (Å²) in [4.78, 5) is 29.0. The van der Waals surface area contributed by atoms with E-state index < -0.39 is 11.8 Å². The lowest BCUT2D eigenvalue weighted by molar-refractivity contribution is -0.129. The number of hydrogen-bond donors (Lipinski definition) is 1. The Hall–Kier alpha value is -2.37. The zero-order valence-electron chi connectivity index (χ0n) is 12.3. The van der Waals surface area contributed by atoms with Gasteiger partial charge in [-0.05, 0) is 31.0 Å². The van der Waals surface area contributed by atoms with Gasteiger partial charge in [-0.15, -0.1) is 0 Å². The van der Waals surface area contributed by atoms with Crippen molar-refractivity contribution in [3.05, 3.63) is 35.3 Å². The van der Waals surface area contributed by atoms with Gasteiger partial charge < -0.3 is 14.6 Å². The number of carbonyl (C=O) groups excluding carboxylic acids is 2. The highest BCUT2D eigenvalue weighted by molar-refractivity contribution is 6.00. The summed E-state index contributed by atoms with van der Waals surface area (Å²) in [6.45, 7) is 1.48. The predicted molar refractivity (Wildman–Crippen MR) is 79.1 cm³/mol. The molecule has 1 aliphatic heterocycles. The van der Waals surface area contributed by atoms with Crippen LogP contribution in [0, 0.1) is 5.82 Å². The number of rotatable bonds is 3. The monoisotopic (exact) mass is 304 g/mol. The molecule has 0 atom stereocenters. The molecule has 1 N–H and O–H groups in total. The van der Waals surface area contributed by atoms with E-state index in [4.69, 9.17) is 4.74 Å². The van der Waals surface area contributed by atoms with Crippen LogP contribution in [0.2, 0.25) is 0 Å². The van der Waals surface area contributed by atoms with Gasteiger partial charge in [0.1, 0.15) is 11.5 Å². The van der Waals surface area contributed by atoms with Gasteiger partial charge in [-0.2, -0.15) is 0 Å². The van der Waals surface area contributed by atoms with Gasteiger partial charge in [0.05, 0.1) is 13.5 Å². The highest BCUT2D eigenvalue weighted by Gasteiger charge is 2.24. The zero-order valence-corrected chi connectivity index (χ0v) is 12.3. The van der Waals surface area contributed by atoms with E-state index in [9.17, 15) is 14.0 Å². The average Bonchev–Trinajstić information content (AvgIpc) is 3.15. The highest BCUT2D eigenvalue weighted by Crippen LogP contribution is 2.25. The first-order chi connectivity index (χ1) is 10.6. The van der Waals surface area contributed by atoms with Crippen molar-refractivity contribution in [3.63, 3.8) is 0 Å². The molecule has 1 aromatic carbocycles. The van der Waals surface area contributed by atoms with Crippen molar-refractivity contribution >= 4 is 22.8 Å². The van der Waals surface area contributed by atoms with Gasteiger partial charge in [0, 0.05) is 29.6 Å². The molecule has 0 saturated carbocycles. The number of nitrogens with one attached hydrogen (secondary N) is 1. The van der Waals surface area contributed by atoms with E-state index in [2.05, 4.69) is 4.98 Å². The van der Waals surface area contributed by atoms with E-state index in [0.717, 1.165) is 25.9 Å². The van der Waals surface area contributed by atoms with Gasteiger partial charge >= 0.3 is 5.97 Å². The Labute approximate surface area is 127 Å². The molecule has 1 saturated heterocycles. The molecule has 6 heteroatoms. The third-order valence-electron chi connectivity index (χ3n) is 4.04. The number of amides is 1. The number of aromatic nitrogens is 1. The van der Waals surface area contributed by atoms with Crippen LogP contribution in [0.1, 0.15) is 28.9 Å². The molecule has 1 aliphatic rings.